The highest BCUT2D eigenvalue weighted by Gasteiger charge is 2.30. The van der Waals surface area contributed by atoms with Crippen LogP contribution in [0.1, 0.15) is 13.3 Å². The molecule has 0 aromatic carbocycles. The molecule has 0 amide bonds. The summed E-state index contributed by atoms with van der Waals surface area (Å²) in [4.78, 5) is 12.1. The number of hydrogen-bond acceptors (Lipinski definition) is 6. The molecule has 2 rings (SSSR count). The minimum absolute atomic E-state index is 0.129. The maximum atomic E-state index is 5.79. The Morgan fingerprint density at radius 1 is 1.31 bits per heavy atom. The smallest absolute Gasteiger partial charge is 0.229 e. The van der Waals surface area contributed by atoms with Gasteiger partial charge in [-0.25, -0.2) is 0 Å². The molecule has 1 fully saturated rings. The normalized spacial score (nSPS) is 24.4. The van der Waals surface area contributed by atoms with Crippen molar-refractivity contribution in [1.29, 1.82) is 0 Å². The first-order valence-corrected chi connectivity index (χ1v) is 5.44. The summed E-state index contributed by atoms with van der Waals surface area (Å²) >= 11 is 5.79. The van der Waals surface area contributed by atoms with Crippen LogP contribution in [0.2, 0.25) is 5.28 Å². The zero-order valence-corrected chi connectivity index (χ0v) is 10.0. The van der Waals surface area contributed by atoms with Gasteiger partial charge in [-0.3, -0.25) is 0 Å². The highest BCUT2D eigenvalue weighted by atomic mass is 35.5. The molecule has 1 aliphatic rings. The van der Waals surface area contributed by atoms with Gasteiger partial charge in [-0.15, -0.1) is 0 Å². The molecule has 0 spiro atoms. The van der Waals surface area contributed by atoms with Gasteiger partial charge in [0.15, 0.2) is 0 Å². The van der Waals surface area contributed by atoms with Crippen LogP contribution in [0.25, 0.3) is 0 Å². The van der Waals surface area contributed by atoms with Gasteiger partial charge in [0.1, 0.15) is 0 Å². The average molecular weight is 244 g/mol. The maximum absolute atomic E-state index is 5.79. The van der Waals surface area contributed by atoms with Gasteiger partial charge >= 0.3 is 0 Å². The molecular formula is C9H14ClN5O. The molecule has 1 aromatic rings. The molecule has 2 N–H and O–H groups in total. The number of ether oxygens (including phenoxy) is 1. The molecule has 88 valence electrons. The van der Waals surface area contributed by atoms with Crippen molar-refractivity contribution in [3.8, 4) is 0 Å². The summed E-state index contributed by atoms with van der Waals surface area (Å²) in [5.41, 5.74) is -0.129. The average Bonchev–Trinajstić information content (AvgIpc) is 2.63. The van der Waals surface area contributed by atoms with Gasteiger partial charge in [0.05, 0.1) is 12.1 Å². The highest BCUT2D eigenvalue weighted by molar-refractivity contribution is 6.28. The number of aromatic nitrogens is 3. The van der Waals surface area contributed by atoms with E-state index in [0.717, 1.165) is 13.0 Å². The summed E-state index contributed by atoms with van der Waals surface area (Å²) in [5.74, 6) is 0.919. The fraction of sp³-hybridized carbons (Fsp3) is 0.667. The number of hydrogen-bond donors (Lipinski definition) is 2. The number of nitrogens with one attached hydrogen (secondary N) is 2. The minimum atomic E-state index is -0.129. The predicted octanol–water partition coefficient (Wildman–Crippen LogP) is 1.16. The molecule has 7 heteroatoms. The van der Waals surface area contributed by atoms with Crippen LogP contribution in [-0.2, 0) is 4.74 Å². The molecule has 1 aromatic heterocycles. The fourth-order valence-corrected chi connectivity index (χ4v) is 1.71. The second kappa shape index (κ2) is 4.39. The van der Waals surface area contributed by atoms with Crippen molar-refractivity contribution in [2.45, 2.75) is 18.9 Å². The number of halogens is 1. The van der Waals surface area contributed by atoms with Crippen molar-refractivity contribution >= 4 is 23.5 Å². The first-order valence-electron chi connectivity index (χ1n) is 5.07. The van der Waals surface area contributed by atoms with Crippen molar-refractivity contribution in [3.63, 3.8) is 0 Å². The summed E-state index contributed by atoms with van der Waals surface area (Å²) in [6.45, 7) is 3.46. The Morgan fingerprint density at radius 3 is 2.69 bits per heavy atom. The van der Waals surface area contributed by atoms with Crippen LogP contribution in [0.5, 0.6) is 0 Å². The van der Waals surface area contributed by atoms with Crippen molar-refractivity contribution in [1.82, 2.24) is 15.0 Å². The summed E-state index contributed by atoms with van der Waals surface area (Å²) in [7, 11) is 1.73. The van der Waals surface area contributed by atoms with E-state index in [-0.39, 0.29) is 10.8 Å². The first-order chi connectivity index (χ1) is 7.61. The lowest BCUT2D eigenvalue weighted by atomic mass is 10.0. The minimum Gasteiger partial charge on any atom is -0.379 e. The van der Waals surface area contributed by atoms with E-state index in [1.807, 2.05) is 0 Å². The molecule has 2 heterocycles. The van der Waals surface area contributed by atoms with Crippen molar-refractivity contribution in [2.75, 3.05) is 30.9 Å². The van der Waals surface area contributed by atoms with E-state index in [2.05, 4.69) is 32.5 Å². The fourth-order valence-electron chi connectivity index (χ4n) is 1.55. The molecule has 16 heavy (non-hydrogen) atoms. The molecule has 0 aliphatic carbocycles. The molecule has 0 bridgehead atoms. The van der Waals surface area contributed by atoms with E-state index in [4.69, 9.17) is 16.3 Å². The van der Waals surface area contributed by atoms with Crippen LogP contribution < -0.4 is 10.6 Å². The van der Waals surface area contributed by atoms with E-state index >= 15 is 0 Å². The van der Waals surface area contributed by atoms with Gasteiger partial charge in [0.25, 0.3) is 0 Å². The van der Waals surface area contributed by atoms with E-state index in [0.29, 0.717) is 18.5 Å². The Balaban J connectivity index is 2.17. The van der Waals surface area contributed by atoms with Gasteiger partial charge in [0.2, 0.25) is 17.2 Å². The molecule has 1 atom stereocenters. The summed E-state index contributed by atoms with van der Waals surface area (Å²) in [5, 5.41) is 6.22. The molecule has 1 aliphatic heterocycles. The molecule has 0 saturated carbocycles. The third kappa shape index (κ3) is 2.51. The lowest BCUT2D eigenvalue weighted by Gasteiger charge is -2.23. The second-order valence-corrected chi connectivity index (χ2v) is 4.33. The van der Waals surface area contributed by atoms with E-state index in [9.17, 15) is 0 Å². The molecular weight excluding hydrogens is 230 g/mol. The van der Waals surface area contributed by atoms with Crippen LogP contribution in [0, 0.1) is 0 Å². The van der Waals surface area contributed by atoms with Crippen LogP contribution in [0.15, 0.2) is 0 Å². The Bertz CT molecular complexity index is 380. The zero-order valence-electron chi connectivity index (χ0n) is 9.25. The summed E-state index contributed by atoms with van der Waals surface area (Å²) in [6.07, 6.45) is 0.922. The van der Waals surface area contributed by atoms with Crippen LogP contribution >= 0.6 is 11.6 Å². The van der Waals surface area contributed by atoms with E-state index in [1.54, 1.807) is 7.05 Å². The van der Waals surface area contributed by atoms with Crippen molar-refractivity contribution < 1.29 is 4.74 Å². The number of rotatable bonds is 3. The number of nitrogens with zero attached hydrogens (tertiary/aromatic N) is 3. The lowest BCUT2D eigenvalue weighted by Crippen LogP contribution is -2.35. The SMILES string of the molecule is CNc1nc(Cl)nc(NC2(C)CCOC2)n1. The third-order valence-corrected chi connectivity index (χ3v) is 2.63. The van der Waals surface area contributed by atoms with E-state index in [1.165, 1.54) is 0 Å². The second-order valence-electron chi connectivity index (χ2n) is 3.99. The Morgan fingerprint density at radius 2 is 2.06 bits per heavy atom. The lowest BCUT2D eigenvalue weighted by molar-refractivity contribution is 0.185. The topological polar surface area (TPSA) is 72.0 Å². The molecule has 1 saturated heterocycles. The van der Waals surface area contributed by atoms with Crippen molar-refractivity contribution in [3.05, 3.63) is 5.28 Å². The van der Waals surface area contributed by atoms with Gasteiger partial charge in [-0.1, -0.05) is 0 Å². The summed E-state index contributed by atoms with van der Waals surface area (Å²) in [6, 6.07) is 0. The Kier molecular flexibility index (Phi) is 3.11. The number of anilines is 2. The molecule has 0 radical (unpaired) electrons. The van der Waals surface area contributed by atoms with Gasteiger partial charge in [0, 0.05) is 13.7 Å². The first kappa shape index (κ1) is 11.3. The molecule has 1 unspecified atom stereocenters. The monoisotopic (exact) mass is 243 g/mol. The van der Waals surface area contributed by atoms with Crippen LogP contribution in [0.4, 0.5) is 11.9 Å². The Labute approximate surface area is 98.8 Å². The van der Waals surface area contributed by atoms with Gasteiger partial charge in [-0.2, -0.15) is 15.0 Å². The van der Waals surface area contributed by atoms with E-state index < -0.39 is 0 Å². The van der Waals surface area contributed by atoms with Gasteiger partial charge < -0.3 is 15.4 Å². The summed E-state index contributed by atoms with van der Waals surface area (Å²) < 4.78 is 5.34. The predicted molar refractivity (Wildman–Crippen MR) is 61.8 cm³/mol. The van der Waals surface area contributed by atoms with Crippen LogP contribution in [0.3, 0.4) is 0 Å². The maximum Gasteiger partial charge on any atom is 0.229 e. The van der Waals surface area contributed by atoms with Crippen molar-refractivity contribution in [2.24, 2.45) is 0 Å². The third-order valence-electron chi connectivity index (χ3n) is 2.46. The standard InChI is InChI=1S/C9H14ClN5O/c1-9(3-4-16-5-9)15-8-13-6(10)12-7(11-2)14-8/h3-5H2,1-2H3,(H2,11,12,13,14,15). The quantitative estimate of drug-likeness (QED) is 0.830. The zero-order chi connectivity index (χ0) is 11.6. The van der Waals surface area contributed by atoms with Gasteiger partial charge in [-0.05, 0) is 24.9 Å². The van der Waals surface area contributed by atoms with Crippen LogP contribution in [-0.4, -0.2) is 40.8 Å². The highest BCUT2D eigenvalue weighted by Crippen LogP contribution is 2.22. The Hall–Kier alpha value is -1.14. The largest absolute Gasteiger partial charge is 0.379 e. The molecule has 6 nitrogen and oxygen atoms in total.